The number of pyridine rings is 1. The molecular weight excluding hydrogens is 329 g/mol. The number of aromatic nitrogens is 1. The molecule has 3 N–H and O–H groups in total. The summed E-state index contributed by atoms with van der Waals surface area (Å²) in [5.74, 6) is -0.299. The topological polar surface area (TPSA) is 68.0 Å². The smallest absolute Gasteiger partial charge is 0.276 e. The molecule has 1 aromatic carbocycles. The predicted molar refractivity (Wildman–Crippen MR) is 75.8 cm³/mol. The molecule has 0 aliphatic carbocycles. The van der Waals surface area contributed by atoms with Crippen molar-refractivity contribution in [3.05, 3.63) is 51.9 Å². The zero-order chi connectivity index (χ0) is 12.3. The quantitative estimate of drug-likeness (QED) is 0.827. The van der Waals surface area contributed by atoms with E-state index in [-0.39, 0.29) is 11.6 Å². The lowest BCUT2D eigenvalue weighted by Crippen LogP contribution is -2.16. The van der Waals surface area contributed by atoms with Crippen LogP contribution in [-0.2, 0) is 0 Å². The van der Waals surface area contributed by atoms with Crippen LogP contribution in [0.5, 0.6) is 0 Å². The van der Waals surface area contributed by atoms with E-state index >= 15 is 0 Å². The average molecular weight is 339 g/mol. The summed E-state index contributed by atoms with van der Waals surface area (Å²) in [7, 11) is 0. The van der Waals surface area contributed by atoms with Gasteiger partial charge in [0.15, 0.2) is 5.69 Å². The van der Waals surface area contributed by atoms with Crippen LogP contribution in [0.4, 0.5) is 11.4 Å². The van der Waals surface area contributed by atoms with Crippen molar-refractivity contribution in [2.75, 3.05) is 11.1 Å². The van der Waals surface area contributed by atoms with E-state index < -0.39 is 0 Å². The minimum Gasteiger partial charge on any atom is -0.397 e. The molecule has 1 amide bonds. The fourth-order valence-corrected chi connectivity index (χ4v) is 1.87. The molecule has 0 bridgehead atoms. The van der Waals surface area contributed by atoms with Gasteiger partial charge < -0.3 is 11.1 Å². The van der Waals surface area contributed by atoms with Gasteiger partial charge in [0.2, 0.25) is 0 Å². The highest BCUT2D eigenvalue weighted by Crippen LogP contribution is 2.18. The minimum absolute atomic E-state index is 0.243. The molecule has 0 atom stereocenters. The van der Waals surface area contributed by atoms with Crippen molar-refractivity contribution in [1.82, 2.24) is 4.98 Å². The number of benzene rings is 1. The van der Waals surface area contributed by atoms with Crippen LogP contribution in [-0.4, -0.2) is 10.9 Å². The number of halogens is 1. The number of para-hydroxylation sites is 1. The molecule has 0 fully saturated rings. The molecule has 0 saturated carbocycles. The molecule has 1 heterocycles. The first-order valence-electron chi connectivity index (χ1n) is 4.95. The third-order valence-electron chi connectivity index (χ3n) is 2.18. The molecule has 0 aliphatic heterocycles. The number of rotatable bonds is 2. The number of nitrogens with two attached hydrogens (primary N) is 1. The van der Waals surface area contributed by atoms with Crippen LogP contribution < -0.4 is 11.1 Å². The summed E-state index contributed by atoms with van der Waals surface area (Å²) in [6.07, 6.45) is 1.54. The molecule has 4 nitrogen and oxygen atoms in total. The van der Waals surface area contributed by atoms with Gasteiger partial charge in [0.25, 0.3) is 5.91 Å². The molecule has 2 aromatic rings. The Bertz CT molecular complexity index is 557. The van der Waals surface area contributed by atoms with E-state index in [4.69, 9.17) is 5.73 Å². The van der Waals surface area contributed by atoms with Gasteiger partial charge in [-0.1, -0.05) is 12.1 Å². The number of carbonyl (C=O) groups excluding carboxylic acids is 1. The Morgan fingerprint density at radius 3 is 2.71 bits per heavy atom. The van der Waals surface area contributed by atoms with Gasteiger partial charge in [-0.2, -0.15) is 0 Å². The van der Waals surface area contributed by atoms with Gasteiger partial charge in [0, 0.05) is 9.77 Å². The van der Waals surface area contributed by atoms with Crippen molar-refractivity contribution in [2.45, 2.75) is 0 Å². The average Bonchev–Trinajstić information content (AvgIpc) is 2.32. The molecule has 2 rings (SSSR count). The Labute approximate surface area is 112 Å². The molecule has 5 heteroatoms. The lowest BCUT2D eigenvalue weighted by molar-refractivity contribution is 0.102. The largest absolute Gasteiger partial charge is 0.397 e. The lowest BCUT2D eigenvalue weighted by atomic mass is 10.2. The highest BCUT2D eigenvalue weighted by molar-refractivity contribution is 14.1. The number of hydrogen-bond donors (Lipinski definition) is 2. The number of nitrogen functional groups attached to an aromatic ring is 1. The SMILES string of the molecule is Nc1cccnc1C(=O)Nc1ccccc1I. The molecular formula is C12H10IN3O. The van der Waals surface area contributed by atoms with Crippen LogP contribution in [0.3, 0.4) is 0 Å². The summed E-state index contributed by atoms with van der Waals surface area (Å²) in [4.78, 5) is 15.9. The van der Waals surface area contributed by atoms with Crippen molar-refractivity contribution in [3.8, 4) is 0 Å². The maximum atomic E-state index is 11.9. The summed E-state index contributed by atoms with van der Waals surface area (Å²) < 4.78 is 0.966. The molecule has 86 valence electrons. The van der Waals surface area contributed by atoms with Crippen LogP contribution in [0.25, 0.3) is 0 Å². The van der Waals surface area contributed by atoms with Gasteiger partial charge in [-0.05, 0) is 46.9 Å². The van der Waals surface area contributed by atoms with Gasteiger partial charge in [-0.3, -0.25) is 4.79 Å². The Hall–Kier alpha value is -1.63. The van der Waals surface area contributed by atoms with Crippen molar-refractivity contribution in [1.29, 1.82) is 0 Å². The first-order chi connectivity index (χ1) is 8.18. The van der Waals surface area contributed by atoms with E-state index in [1.165, 1.54) is 0 Å². The predicted octanol–water partition coefficient (Wildman–Crippen LogP) is 2.52. The van der Waals surface area contributed by atoms with Crippen LogP contribution >= 0.6 is 22.6 Å². The highest BCUT2D eigenvalue weighted by Gasteiger charge is 2.11. The number of amides is 1. The van der Waals surface area contributed by atoms with Crippen molar-refractivity contribution >= 4 is 39.9 Å². The number of hydrogen-bond acceptors (Lipinski definition) is 3. The summed E-state index contributed by atoms with van der Waals surface area (Å²) in [6, 6.07) is 10.9. The molecule has 0 spiro atoms. The molecule has 0 saturated heterocycles. The van der Waals surface area contributed by atoms with Gasteiger partial charge in [-0.15, -0.1) is 0 Å². The zero-order valence-electron chi connectivity index (χ0n) is 8.85. The third-order valence-corrected chi connectivity index (χ3v) is 3.12. The van der Waals surface area contributed by atoms with Gasteiger partial charge in [0.05, 0.1) is 11.4 Å². The van der Waals surface area contributed by atoms with Crippen LogP contribution in [0.2, 0.25) is 0 Å². The van der Waals surface area contributed by atoms with Crippen molar-refractivity contribution < 1.29 is 4.79 Å². The molecule has 1 aromatic heterocycles. The molecule has 0 radical (unpaired) electrons. The minimum atomic E-state index is -0.299. The second kappa shape index (κ2) is 5.13. The van der Waals surface area contributed by atoms with E-state index in [0.717, 1.165) is 9.26 Å². The van der Waals surface area contributed by atoms with Crippen molar-refractivity contribution in [2.24, 2.45) is 0 Å². The fourth-order valence-electron chi connectivity index (χ4n) is 1.35. The fraction of sp³-hybridized carbons (Fsp3) is 0. The van der Waals surface area contributed by atoms with E-state index in [2.05, 4.69) is 32.9 Å². The molecule has 17 heavy (non-hydrogen) atoms. The van der Waals surface area contributed by atoms with Crippen LogP contribution in [0.15, 0.2) is 42.6 Å². The first-order valence-corrected chi connectivity index (χ1v) is 6.03. The second-order valence-corrected chi connectivity index (χ2v) is 4.54. The standard InChI is InChI=1S/C12H10IN3O/c13-8-4-1-2-6-10(8)16-12(17)11-9(14)5-3-7-15-11/h1-7H,14H2,(H,16,17). The van der Waals surface area contributed by atoms with Gasteiger partial charge in [-0.25, -0.2) is 4.98 Å². The summed E-state index contributed by atoms with van der Waals surface area (Å²) >= 11 is 2.16. The molecule has 0 unspecified atom stereocenters. The van der Waals surface area contributed by atoms with Crippen LogP contribution in [0, 0.1) is 3.57 Å². The van der Waals surface area contributed by atoms with E-state index in [1.54, 1.807) is 18.3 Å². The number of nitrogens with one attached hydrogen (secondary N) is 1. The van der Waals surface area contributed by atoms with Gasteiger partial charge >= 0.3 is 0 Å². The molecule has 0 aliphatic rings. The summed E-state index contributed by atoms with van der Waals surface area (Å²) in [6.45, 7) is 0. The number of carbonyl (C=O) groups is 1. The Balaban J connectivity index is 2.24. The van der Waals surface area contributed by atoms with Crippen LogP contribution in [0.1, 0.15) is 10.5 Å². The number of anilines is 2. The lowest BCUT2D eigenvalue weighted by Gasteiger charge is -2.07. The van der Waals surface area contributed by atoms with E-state index in [0.29, 0.717) is 5.69 Å². The maximum Gasteiger partial charge on any atom is 0.276 e. The monoisotopic (exact) mass is 339 g/mol. The van der Waals surface area contributed by atoms with Gasteiger partial charge in [0.1, 0.15) is 0 Å². The Kier molecular flexibility index (Phi) is 3.58. The highest BCUT2D eigenvalue weighted by atomic mass is 127. The van der Waals surface area contributed by atoms with E-state index in [1.807, 2.05) is 24.3 Å². The maximum absolute atomic E-state index is 11.9. The summed E-state index contributed by atoms with van der Waals surface area (Å²) in [5.41, 5.74) is 7.05. The normalized spacial score (nSPS) is 9.94. The Morgan fingerprint density at radius 1 is 1.24 bits per heavy atom. The summed E-state index contributed by atoms with van der Waals surface area (Å²) in [5, 5.41) is 2.78. The van der Waals surface area contributed by atoms with Crippen molar-refractivity contribution in [3.63, 3.8) is 0 Å². The number of nitrogens with zero attached hydrogens (tertiary/aromatic N) is 1. The zero-order valence-corrected chi connectivity index (χ0v) is 11.0. The second-order valence-electron chi connectivity index (χ2n) is 3.38. The third kappa shape index (κ3) is 2.73. The van der Waals surface area contributed by atoms with E-state index in [9.17, 15) is 4.79 Å². The Morgan fingerprint density at radius 2 is 2.00 bits per heavy atom. The first kappa shape index (κ1) is 11.8.